The number of nitrogens with zero attached hydrogens (tertiary/aromatic N) is 1. The number of ketones is 1. The molecule has 90 valence electrons. The number of hydrogen-bond donors (Lipinski definition) is 0. The lowest BCUT2D eigenvalue weighted by Gasteiger charge is -2.08. The highest BCUT2D eigenvalue weighted by Crippen LogP contribution is 2.27. The number of carbonyl (C=O) groups is 1. The maximum Gasteiger partial charge on any atom is 0.219 e. The standard InChI is InChI=1S/C14H10ClNO2/c1-9-6-7-13(18-9)14(17)11(8-16)10-4-2-3-5-12(10)15/h2-7,11H,1H3. The molecule has 0 N–H and O–H groups in total. The lowest BCUT2D eigenvalue weighted by molar-refractivity contribution is 0.0950. The molecule has 0 aliphatic carbocycles. The average Bonchev–Trinajstić information content (AvgIpc) is 2.79. The summed E-state index contributed by atoms with van der Waals surface area (Å²) in [6.45, 7) is 1.74. The van der Waals surface area contributed by atoms with E-state index in [1.54, 1.807) is 43.3 Å². The van der Waals surface area contributed by atoms with Crippen molar-refractivity contribution in [3.8, 4) is 6.07 Å². The van der Waals surface area contributed by atoms with Gasteiger partial charge in [-0.1, -0.05) is 29.8 Å². The number of aryl methyl sites for hydroxylation is 1. The van der Waals surface area contributed by atoms with Gasteiger partial charge in [0.15, 0.2) is 5.76 Å². The van der Waals surface area contributed by atoms with Gasteiger partial charge in [-0.2, -0.15) is 5.26 Å². The molecule has 1 aromatic heterocycles. The van der Waals surface area contributed by atoms with Gasteiger partial charge in [-0.15, -0.1) is 0 Å². The van der Waals surface area contributed by atoms with Crippen molar-refractivity contribution in [2.75, 3.05) is 0 Å². The van der Waals surface area contributed by atoms with Crippen molar-refractivity contribution >= 4 is 17.4 Å². The van der Waals surface area contributed by atoms with Gasteiger partial charge in [0.05, 0.1) is 6.07 Å². The minimum absolute atomic E-state index is 0.180. The van der Waals surface area contributed by atoms with Gasteiger partial charge in [0.25, 0.3) is 0 Å². The highest BCUT2D eigenvalue weighted by Gasteiger charge is 2.25. The van der Waals surface area contributed by atoms with Crippen LogP contribution in [0.5, 0.6) is 0 Å². The minimum atomic E-state index is -0.941. The second-order valence-electron chi connectivity index (χ2n) is 3.86. The summed E-state index contributed by atoms with van der Waals surface area (Å²) in [6.07, 6.45) is 0. The molecule has 0 aliphatic rings. The van der Waals surface area contributed by atoms with Crippen LogP contribution in [0.4, 0.5) is 0 Å². The molecular weight excluding hydrogens is 250 g/mol. The van der Waals surface area contributed by atoms with Gasteiger partial charge in [-0.05, 0) is 30.7 Å². The summed E-state index contributed by atoms with van der Waals surface area (Å²) >= 11 is 6.00. The van der Waals surface area contributed by atoms with Crippen molar-refractivity contribution in [3.05, 3.63) is 58.5 Å². The lowest BCUT2D eigenvalue weighted by atomic mass is 9.95. The number of rotatable bonds is 3. The molecule has 2 aromatic rings. The fourth-order valence-electron chi connectivity index (χ4n) is 1.69. The predicted octanol–water partition coefficient (Wildman–Crippen LogP) is 3.73. The largest absolute Gasteiger partial charge is 0.458 e. The van der Waals surface area contributed by atoms with Crippen LogP contribution in [0.25, 0.3) is 0 Å². The number of furan rings is 1. The van der Waals surface area contributed by atoms with E-state index in [2.05, 4.69) is 0 Å². The average molecular weight is 260 g/mol. The summed E-state index contributed by atoms with van der Waals surface area (Å²) in [4.78, 5) is 12.2. The Morgan fingerprint density at radius 3 is 2.61 bits per heavy atom. The zero-order valence-corrected chi connectivity index (χ0v) is 10.4. The van der Waals surface area contributed by atoms with Gasteiger partial charge in [0.2, 0.25) is 5.78 Å². The maximum atomic E-state index is 12.2. The number of carbonyl (C=O) groups excluding carboxylic acids is 1. The normalized spacial score (nSPS) is 11.8. The quantitative estimate of drug-likeness (QED) is 0.789. The van der Waals surface area contributed by atoms with Gasteiger partial charge in [-0.25, -0.2) is 0 Å². The Morgan fingerprint density at radius 1 is 1.33 bits per heavy atom. The van der Waals surface area contributed by atoms with E-state index in [0.717, 1.165) is 0 Å². The summed E-state index contributed by atoms with van der Waals surface area (Å²) < 4.78 is 5.25. The number of nitriles is 1. The molecular formula is C14H10ClNO2. The fraction of sp³-hybridized carbons (Fsp3) is 0.143. The van der Waals surface area contributed by atoms with Crippen LogP contribution in [0.3, 0.4) is 0 Å². The first-order chi connectivity index (χ1) is 8.63. The third-order valence-electron chi connectivity index (χ3n) is 2.59. The van der Waals surface area contributed by atoms with E-state index in [1.165, 1.54) is 0 Å². The highest BCUT2D eigenvalue weighted by atomic mass is 35.5. The van der Waals surface area contributed by atoms with Gasteiger partial charge in [-0.3, -0.25) is 4.79 Å². The first-order valence-corrected chi connectivity index (χ1v) is 5.76. The summed E-state index contributed by atoms with van der Waals surface area (Å²) in [5.74, 6) is -0.504. The molecule has 0 aliphatic heterocycles. The van der Waals surface area contributed by atoms with Crippen LogP contribution in [0.2, 0.25) is 5.02 Å². The van der Waals surface area contributed by atoms with Crippen LogP contribution in [0, 0.1) is 18.3 Å². The molecule has 1 unspecified atom stereocenters. The molecule has 18 heavy (non-hydrogen) atoms. The molecule has 3 nitrogen and oxygen atoms in total. The second kappa shape index (κ2) is 5.07. The molecule has 0 saturated heterocycles. The third-order valence-corrected chi connectivity index (χ3v) is 2.93. The zero-order chi connectivity index (χ0) is 13.1. The van der Waals surface area contributed by atoms with Crippen LogP contribution in [0.15, 0.2) is 40.8 Å². The number of halogens is 1. The summed E-state index contributed by atoms with van der Waals surface area (Å²) in [6, 6.07) is 12.0. The monoisotopic (exact) mass is 259 g/mol. The van der Waals surface area contributed by atoms with E-state index in [4.69, 9.17) is 16.0 Å². The van der Waals surface area contributed by atoms with E-state index >= 15 is 0 Å². The van der Waals surface area contributed by atoms with E-state index in [1.807, 2.05) is 6.07 Å². The number of Topliss-reactive ketones (excluding diaryl/α,β-unsaturated/α-hetero) is 1. The minimum Gasteiger partial charge on any atom is -0.458 e. The smallest absolute Gasteiger partial charge is 0.219 e. The van der Waals surface area contributed by atoms with E-state index in [-0.39, 0.29) is 11.5 Å². The zero-order valence-electron chi connectivity index (χ0n) is 9.68. The molecule has 4 heteroatoms. The summed E-state index contributed by atoms with van der Waals surface area (Å²) in [7, 11) is 0. The Labute approximate surface area is 110 Å². The van der Waals surface area contributed by atoms with Crippen molar-refractivity contribution in [2.24, 2.45) is 0 Å². The predicted molar refractivity (Wildman–Crippen MR) is 67.6 cm³/mol. The van der Waals surface area contributed by atoms with Crippen molar-refractivity contribution < 1.29 is 9.21 Å². The Morgan fingerprint density at radius 2 is 2.06 bits per heavy atom. The first kappa shape index (κ1) is 12.4. The molecule has 2 rings (SSSR count). The Kier molecular flexibility index (Phi) is 3.50. The first-order valence-electron chi connectivity index (χ1n) is 5.38. The molecule has 1 heterocycles. The van der Waals surface area contributed by atoms with E-state index in [9.17, 15) is 10.1 Å². The van der Waals surface area contributed by atoms with Crippen molar-refractivity contribution in [1.29, 1.82) is 5.26 Å². The van der Waals surface area contributed by atoms with Crippen LogP contribution in [0.1, 0.15) is 27.8 Å². The van der Waals surface area contributed by atoms with Gasteiger partial charge >= 0.3 is 0 Å². The second-order valence-corrected chi connectivity index (χ2v) is 4.27. The summed E-state index contributed by atoms with van der Waals surface area (Å²) in [5.41, 5.74) is 0.501. The highest BCUT2D eigenvalue weighted by molar-refractivity contribution is 6.31. The SMILES string of the molecule is Cc1ccc(C(=O)C(C#N)c2ccccc2Cl)o1. The lowest BCUT2D eigenvalue weighted by Crippen LogP contribution is -2.10. The van der Waals surface area contributed by atoms with Crippen molar-refractivity contribution in [1.82, 2.24) is 0 Å². The Hall–Kier alpha value is -2.05. The molecule has 0 radical (unpaired) electrons. The Balaban J connectivity index is 2.39. The van der Waals surface area contributed by atoms with Gasteiger partial charge < -0.3 is 4.42 Å². The van der Waals surface area contributed by atoms with Crippen LogP contribution in [-0.4, -0.2) is 5.78 Å². The fourth-order valence-corrected chi connectivity index (χ4v) is 1.93. The van der Waals surface area contributed by atoms with E-state index in [0.29, 0.717) is 16.3 Å². The third kappa shape index (κ3) is 2.29. The molecule has 0 saturated carbocycles. The van der Waals surface area contributed by atoms with Crippen LogP contribution >= 0.6 is 11.6 Å². The number of hydrogen-bond acceptors (Lipinski definition) is 3. The molecule has 0 spiro atoms. The van der Waals surface area contributed by atoms with Gasteiger partial charge in [0.1, 0.15) is 11.7 Å². The molecule has 0 amide bonds. The topological polar surface area (TPSA) is 54.0 Å². The summed E-state index contributed by atoms with van der Waals surface area (Å²) in [5, 5.41) is 9.57. The maximum absolute atomic E-state index is 12.2. The molecule has 0 fully saturated rings. The molecule has 0 bridgehead atoms. The van der Waals surface area contributed by atoms with Gasteiger partial charge in [0, 0.05) is 5.02 Å². The van der Waals surface area contributed by atoms with E-state index < -0.39 is 5.92 Å². The molecule has 1 atom stereocenters. The molecule has 1 aromatic carbocycles. The Bertz CT molecular complexity index is 625. The van der Waals surface area contributed by atoms with Crippen molar-refractivity contribution in [3.63, 3.8) is 0 Å². The number of benzene rings is 1. The van der Waals surface area contributed by atoms with Crippen LogP contribution in [-0.2, 0) is 0 Å². The van der Waals surface area contributed by atoms with Crippen molar-refractivity contribution in [2.45, 2.75) is 12.8 Å². The van der Waals surface area contributed by atoms with Crippen LogP contribution < -0.4 is 0 Å².